The topological polar surface area (TPSA) is 29.1 Å². The lowest BCUT2D eigenvalue weighted by atomic mass is 10.1. The van der Waals surface area contributed by atoms with E-state index in [1.165, 1.54) is 0 Å². The molecule has 1 fully saturated rings. The number of anilines is 1. The molecule has 0 aliphatic heterocycles. The number of benzene rings is 1. The Labute approximate surface area is 97.2 Å². The lowest BCUT2D eigenvalue weighted by molar-refractivity contribution is -0.118. The summed E-state index contributed by atoms with van der Waals surface area (Å²) >= 11 is 2.28. The summed E-state index contributed by atoms with van der Waals surface area (Å²) in [5, 5.41) is 3.34. The highest BCUT2D eigenvalue weighted by Gasteiger charge is 2.47. The molecule has 0 saturated heterocycles. The highest BCUT2D eigenvalue weighted by atomic mass is 127. The number of nitrogens with one attached hydrogen (secondary N) is 1. The third-order valence-corrected chi connectivity index (χ3v) is 3.61. The number of carbonyl (C=O) groups is 1. The van der Waals surface area contributed by atoms with Crippen molar-refractivity contribution < 1.29 is 4.79 Å². The van der Waals surface area contributed by atoms with Crippen LogP contribution in [0, 0.1) is 3.57 Å². The average Bonchev–Trinajstić information content (AvgIpc) is 2.90. The molecule has 1 saturated carbocycles. The van der Waals surface area contributed by atoms with E-state index in [1.54, 1.807) is 6.92 Å². The summed E-state index contributed by atoms with van der Waals surface area (Å²) in [6, 6.07) is 8.05. The minimum Gasteiger partial charge on any atom is -0.372 e. The van der Waals surface area contributed by atoms with Crippen LogP contribution in [0.1, 0.15) is 19.8 Å². The van der Waals surface area contributed by atoms with E-state index in [0.29, 0.717) is 0 Å². The Morgan fingerprint density at radius 3 is 2.57 bits per heavy atom. The maximum Gasteiger partial charge on any atom is 0.155 e. The fraction of sp³-hybridized carbons (Fsp3) is 0.364. The van der Waals surface area contributed by atoms with Crippen molar-refractivity contribution in [1.29, 1.82) is 0 Å². The van der Waals surface area contributed by atoms with Crippen molar-refractivity contribution in [3.63, 3.8) is 0 Å². The molecular formula is C11H12INO. The molecule has 1 aromatic carbocycles. The quantitative estimate of drug-likeness (QED) is 0.870. The molecule has 0 heterocycles. The predicted octanol–water partition coefficient (Wildman–Crippen LogP) is 2.82. The molecule has 0 radical (unpaired) electrons. The van der Waals surface area contributed by atoms with Gasteiger partial charge in [0.05, 0.1) is 5.54 Å². The number of para-hydroxylation sites is 1. The van der Waals surface area contributed by atoms with Gasteiger partial charge in [-0.15, -0.1) is 0 Å². The summed E-state index contributed by atoms with van der Waals surface area (Å²) in [5.41, 5.74) is 0.821. The SMILES string of the molecule is CC(=O)C1(Nc2ccccc2I)CC1. The van der Waals surface area contributed by atoms with E-state index in [1.807, 2.05) is 24.3 Å². The number of hydrogen-bond acceptors (Lipinski definition) is 2. The molecular weight excluding hydrogens is 289 g/mol. The van der Waals surface area contributed by atoms with Gasteiger partial charge in [0, 0.05) is 9.26 Å². The Morgan fingerprint density at radius 2 is 2.07 bits per heavy atom. The van der Waals surface area contributed by atoms with E-state index in [2.05, 4.69) is 27.9 Å². The molecule has 0 bridgehead atoms. The van der Waals surface area contributed by atoms with Crippen molar-refractivity contribution in [3.8, 4) is 0 Å². The van der Waals surface area contributed by atoms with Crippen LogP contribution >= 0.6 is 22.6 Å². The Bertz CT molecular complexity index is 371. The second-order valence-electron chi connectivity index (χ2n) is 3.74. The van der Waals surface area contributed by atoms with Crippen LogP contribution in [0.3, 0.4) is 0 Å². The van der Waals surface area contributed by atoms with Crippen LogP contribution in [-0.2, 0) is 4.79 Å². The zero-order chi connectivity index (χ0) is 10.2. The van der Waals surface area contributed by atoms with Crippen molar-refractivity contribution in [2.24, 2.45) is 0 Å². The number of rotatable bonds is 3. The third-order valence-electron chi connectivity index (χ3n) is 2.67. The fourth-order valence-electron chi connectivity index (χ4n) is 1.51. The Kier molecular flexibility index (Phi) is 2.51. The summed E-state index contributed by atoms with van der Waals surface area (Å²) in [4.78, 5) is 11.4. The Morgan fingerprint density at radius 1 is 1.43 bits per heavy atom. The van der Waals surface area contributed by atoms with Crippen molar-refractivity contribution in [2.75, 3.05) is 5.32 Å². The minimum absolute atomic E-state index is 0.247. The second kappa shape index (κ2) is 3.53. The number of hydrogen-bond donors (Lipinski definition) is 1. The van der Waals surface area contributed by atoms with E-state index < -0.39 is 0 Å². The molecule has 0 unspecified atom stereocenters. The zero-order valence-corrected chi connectivity index (χ0v) is 10.2. The van der Waals surface area contributed by atoms with Gasteiger partial charge in [0.25, 0.3) is 0 Å². The smallest absolute Gasteiger partial charge is 0.155 e. The molecule has 0 amide bonds. The number of carbonyl (C=O) groups excluding carboxylic acids is 1. The molecule has 2 nitrogen and oxygen atoms in total. The van der Waals surface area contributed by atoms with Gasteiger partial charge in [-0.3, -0.25) is 4.79 Å². The van der Waals surface area contributed by atoms with E-state index in [-0.39, 0.29) is 11.3 Å². The molecule has 0 spiro atoms. The van der Waals surface area contributed by atoms with Crippen LogP contribution in [0.4, 0.5) is 5.69 Å². The molecule has 0 atom stereocenters. The summed E-state index contributed by atoms with van der Waals surface area (Å²) in [5.74, 6) is 0.247. The van der Waals surface area contributed by atoms with Crippen molar-refractivity contribution in [1.82, 2.24) is 0 Å². The maximum absolute atomic E-state index is 11.4. The monoisotopic (exact) mass is 301 g/mol. The zero-order valence-electron chi connectivity index (χ0n) is 8.01. The first-order valence-corrected chi connectivity index (χ1v) is 5.76. The van der Waals surface area contributed by atoms with Gasteiger partial charge in [-0.25, -0.2) is 0 Å². The molecule has 0 aromatic heterocycles. The number of ketones is 1. The van der Waals surface area contributed by atoms with Crippen LogP contribution in [0.25, 0.3) is 0 Å². The largest absolute Gasteiger partial charge is 0.372 e. The van der Waals surface area contributed by atoms with E-state index in [9.17, 15) is 4.79 Å². The average molecular weight is 301 g/mol. The standard InChI is InChI=1S/C11H12INO/c1-8(14)11(6-7-11)13-10-5-3-2-4-9(10)12/h2-5,13H,6-7H2,1H3. The van der Waals surface area contributed by atoms with Crippen LogP contribution in [0.15, 0.2) is 24.3 Å². The summed E-state index contributed by atoms with van der Waals surface area (Å²) in [7, 11) is 0. The highest BCUT2D eigenvalue weighted by molar-refractivity contribution is 14.1. The van der Waals surface area contributed by atoms with E-state index in [0.717, 1.165) is 22.1 Å². The molecule has 1 aromatic rings. The van der Waals surface area contributed by atoms with Crippen LogP contribution in [0.2, 0.25) is 0 Å². The number of halogens is 1. The first-order chi connectivity index (χ1) is 6.64. The van der Waals surface area contributed by atoms with Gasteiger partial charge >= 0.3 is 0 Å². The molecule has 2 rings (SSSR count). The molecule has 74 valence electrons. The van der Waals surface area contributed by atoms with Crippen molar-refractivity contribution in [2.45, 2.75) is 25.3 Å². The summed E-state index contributed by atoms with van der Waals surface area (Å²) in [6.45, 7) is 1.66. The molecule has 1 N–H and O–H groups in total. The van der Waals surface area contributed by atoms with Crippen LogP contribution in [-0.4, -0.2) is 11.3 Å². The van der Waals surface area contributed by atoms with Gasteiger partial charge in [0.15, 0.2) is 5.78 Å². The van der Waals surface area contributed by atoms with Crippen LogP contribution in [0.5, 0.6) is 0 Å². The Hall–Kier alpha value is -0.580. The third kappa shape index (κ3) is 1.78. The molecule has 14 heavy (non-hydrogen) atoms. The van der Waals surface area contributed by atoms with Gasteiger partial charge in [0.1, 0.15) is 0 Å². The fourth-order valence-corrected chi connectivity index (χ4v) is 2.03. The van der Waals surface area contributed by atoms with E-state index >= 15 is 0 Å². The number of Topliss-reactive ketones (excluding diaryl/α,β-unsaturated/α-hetero) is 1. The highest BCUT2D eigenvalue weighted by Crippen LogP contribution is 2.40. The molecule has 3 heteroatoms. The van der Waals surface area contributed by atoms with Crippen LogP contribution < -0.4 is 5.32 Å². The summed E-state index contributed by atoms with van der Waals surface area (Å²) in [6.07, 6.45) is 1.93. The van der Waals surface area contributed by atoms with Crippen molar-refractivity contribution >= 4 is 34.1 Å². The molecule has 1 aliphatic rings. The normalized spacial score (nSPS) is 17.6. The van der Waals surface area contributed by atoms with Gasteiger partial charge in [0.2, 0.25) is 0 Å². The first kappa shape index (κ1) is 9.96. The van der Waals surface area contributed by atoms with Gasteiger partial charge < -0.3 is 5.32 Å². The lowest BCUT2D eigenvalue weighted by Gasteiger charge is -2.16. The van der Waals surface area contributed by atoms with Crippen molar-refractivity contribution in [3.05, 3.63) is 27.8 Å². The minimum atomic E-state index is -0.249. The molecule has 1 aliphatic carbocycles. The maximum atomic E-state index is 11.4. The van der Waals surface area contributed by atoms with Gasteiger partial charge in [-0.1, -0.05) is 12.1 Å². The first-order valence-electron chi connectivity index (χ1n) is 4.68. The van der Waals surface area contributed by atoms with Gasteiger partial charge in [-0.2, -0.15) is 0 Å². The Balaban J connectivity index is 2.19. The predicted molar refractivity (Wildman–Crippen MR) is 65.4 cm³/mol. The lowest BCUT2D eigenvalue weighted by Crippen LogP contribution is -2.29. The van der Waals surface area contributed by atoms with E-state index in [4.69, 9.17) is 0 Å². The second-order valence-corrected chi connectivity index (χ2v) is 4.91. The summed E-state index contributed by atoms with van der Waals surface area (Å²) < 4.78 is 1.16. The van der Waals surface area contributed by atoms with Gasteiger partial charge in [-0.05, 0) is 54.5 Å².